The van der Waals surface area contributed by atoms with Gasteiger partial charge in [0.2, 0.25) is 0 Å². The van der Waals surface area contributed by atoms with Crippen molar-refractivity contribution in [1.82, 2.24) is 9.88 Å². The molecule has 2 N–H and O–H groups in total. The molecule has 0 bridgehead atoms. The van der Waals surface area contributed by atoms with Gasteiger partial charge in [-0.1, -0.05) is 0 Å². The van der Waals surface area contributed by atoms with Gasteiger partial charge < -0.3 is 15.0 Å². The van der Waals surface area contributed by atoms with E-state index in [2.05, 4.69) is 4.98 Å². The van der Waals surface area contributed by atoms with Crippen LogP contribution in [0.5, 0.6) is 0 Å². The van der Waals surface area contributed by atoms with Crippen molar-refractivity contribution in [2.24, 2.45) is 5.92 Å². The molecule has 1 aromatic heterocycles. The lowest BCUT2D eigenvalue weighted by Crippen LogP contribution is -2.40. The summed E-state index contributed by atoms with van der Waals surface area (Å²) in [4.78, 5) is 28.0. The molecule has 7 heteroatoms. The molecule has 1 aromatic carbocycles. The summed E-state index contributed by atoms with van der Waals surface area (Å²) in [5.41, 5.74) is 0.503. The van der Waals surface area contributed by atoms with Crippen molar-refractivity contribution < 1.29 is 14.8 Å². The van der Waals surface area contributed by atoms with Crippen molar-refractivity contribution >= 4 is 22.5 Å². The van der Waals surface area contributed by atoms with Gasteiger partial charge in [0.15, 0.2) is 0 Å². The number of fused-ring (bicyclic) bond motifs is 1. The van der Waals surface area contributed by atoms with Crippen molar-refractivity contribution in [1.29, 1.82) is 0 Å². The number of aromatic amines is 1. The largest absolute Gasteiger partial charge is 0.390 e. The van der Waals surface area contributed by atoms with Gasteiger partial charge in [-0.3, -0.25) is 14.9 Å². The molecule has 0 radical (unpaired) electrons. The molecule has 1 saturated heterocycles. The first-order chi connectivity index (χ1) is 11.7. The SMILES string of the molecule is CC(C)(O)CC1CCN(C(=O)c2cc3cc([N+](=O)[O-])ccc3[nH]2)CC1. The molecule has 134 valence electrons. The number of carbonyl (C=O) groups is 1. The van der Waals surface area contributed by atoms with E-state index < -0.39 is 10.5 Å². The van der Waals surface area contributed by atoms with Gasteiger partial charge in [-0.15, -0.1) is 0 Å². The fourth-order valence-corrected chi connectivity index (χ4v) is 3.57. The average Bonchev–Trinajstić information content (AvgIpc) is 2.96. The molecule has 0 aliphatic carbocycles. The molecule has 1 amide bonds. The first kappa shape index (κ1) is 17.4. The number of aliphatic hydroxyl groups is 1. The fourth-order valence-electron chi connectivity index (χ4n) is 3.57. The Morgan fingerprint density at radius 2 is 2.04 bits per heavy atom. The van der Waals surface area contributed by atoms with E-state index in [9.17, 15) is 20.0 Å². The molecule has 1 aliphatic heterocycles. The third-order valence-corrected chi connectivity index (χ3v) is 4.74. The lowest BCUT2D eigenvalue weighted by molar-refractivity contribution is -0.384. The summed E-state index contributed by atoms with van der Waals surface area (Å²) in [5.74, 6) is 0.343. The van der Waals surface area contributed by atoms with Crippen LogP contribution in [0, 0.1) is 16.0 Å². The summed E-state index contributed by atoms with van der Waals surface area (Å²) in [7, 11) is 0. The van der Waals surface area contributed by atoms with Crippen molar-refractivity contribution in [2.45, 2.75) is 38.7 Å². The molecule has 3 rings (SSSR count). The number of rotatable bonds is 4. The Kier molecular flexibility index (Phi) is 4.51. The monoisotopic (exact) mass is 345 g/mol. The van der Waals surface area contributed by atoms with Gasteiger partial charge in [-0.25, -0.2) is 0 Å². The van der Waals surface area contributed by atoms with Crippen LogP contribution in [0.3, 0.4) is 0 Å². The van der Waals surface area contributed by atoms with Gasteiger partial charge in [0.1, 0.15) is 5.69 Å². The highest BCUT2D eigenvalue weighted by Crippen LogP contribution is 2.27. The number of hydrogen-bond acceptors (Lipinski definition) is 4. The maximum Gasteiger partial charge on any atom is 0.270 e. The molecule has 1 fully saturated rings. The molecule has 25 heavy (non-hydrogen) atoms. The van der Waals surface area contributed by atoms with Crippen LogP contribution in [-0.4, -0.2) is 44.5 Å². The van der Waals surface area contributed by atoms with Crippen LogP contribution in [0.25, 0.3) is 10.9 Å². The number of piperidine rings is 1. The number of H-pyrrole nitrogens is 1. The van der Waals surface area contributed by atoms with Crippen molar-refractivity contribution in [3.8, 4) is 0 Å². The summed E-state index contributed by atoms with van der Waals surface area (Å²) in [6.07, 6.45) is 2.49. The van der Waals surface area contributed by atoms with Crippen molar-refractivity contribution in [3.05, 3.63) is 40.1 Å². The van der Waals surface area contributed by atoms with Crippen LogP contribution in [0.1, 0.15) is 43.6 Å². The molecule has 0 atom stereocenters. The van der Waals surface area contributed by atoms with E-state index in [4.69, 9.17) is 0 Å². The normalized spacial score (nSPS) is 16.4. The first-order valence-electron chi connectivity index (χ1n) is 8.52. The number of hydrogen-bond donors (Lipinski definition) is 2. The quantitative estimate of drug-likeness (QED) is 0.657. The standard InChI is InChI=1S/C18H23N3O4/c1-18(2,23)11-12-5-7-20(8-6-12)17(22)16-10-13-9-14(21(24)25)3-4-15(13)19-16/h3-4,9-10,12,19,23H,5-8,11H2,1-2H3. The second kappa shape index (κ2) is 6.48. The maximum absolute atomic E-state index is 12.7. The fraction of sp³-hybridized carbons (Fsp3) is 0.500. The zero-order valence-electron chi connectivity index (χ0n) is 14.5. The van der Waals surface area contributed by atoms with E-state index >= 15 is 0 Å². The third kappa shape index (κ3) is 3.99. The molecule has 0 spiro atoms. The number of carbonyl (C=O) groups excluding carboxylic acids is 1. The lowest BCUT2D eigenvalue weighted by Gasteiger charge is -2.34. The molecule has 2 aromatic rings. The Morgan fingerprint density at radius 1 is 1.36 bits per heavy atom. The number of nitrogens with zero attached hydrogens (tertiary/aromatic N) is 2. The molecule has 2 heterocycles. The van der Waals surface area contributed by atoms with Gasteiger partial charge in [0.25, 0.3) is 11.6 Å². The van der Waals surface area contributed by atoms with E-state index in [1.807, 2.05) is 13.8 Å². The zero-order valence-corrected chi connectivity index (χ0v) is 14.5. The number of nitrogens with one attached hydrogen (secondary N) is 1. The van der Waals surface area contributed by atoms with Crippen LogP contribution in [0.2, 0.25) is 0 Å². The summed E-state index contributed by atoms with van der Waals surface area (Å²) in [6, 6.07) is 6.20. The van der Waals surface area contributed by atoms with E-state index in [1.54, 1.807) is 17.0 Å². The summed E-state index contributed by atoms with van der Waals surface area (Å²) < 4.78 is 0. The minimum atomic E-state index is -0.678. The van der Waals surface area contributed by atoms with Gasteiger partial charge in [0, 0.05) is 36.1 Å². The third-order valence-electron chi connectivity index (χ3n) is 4.74. The number of benzene rings is 1. The van der Waals surface area contributed by atoms with Gasteiger partial charge in [-0.05, 0) is 51.2 Å². The zero-order chi connectivity index (χ0) is 18.2. The number of non-ortho nitro benzene ring substituents is 1. The second-order valence-electron chi connectivity index (χ2n) is 7.46. The summed E-state index contributed by atoms with van der Waals surface area (Å²) in [6.45, 7) is 4.95. The van der Waals surface area contributed by atoms with Crippen LogP contribution >= 0.6 is 0 Å². The number of amides is 1. The highest BCUT2D eigenvalue weighted by molar-refractivity contribution is 5.98. The Hall–Kier alpha value is -2.41. The van der Waals surface area contributed by atoms with E-state index in [0.717, 1.165) is 19.3 Å². The summed E-state index contributed by atoms with van der Waals surface area (Å²) in [5, 5.41) is 21.5. The lowest BCUT2D eigenvalue weighted by atomic mass is 9.86. The van der Waals surface area contributed by atoms with E-state index in [-0.39, 0.29) is 11.6 Å². The van der Waals surface area contributed by atoms with Gasteiger partial charge in [-0.2, -0.15) is 0 Å². The van der Waals surface area contributed by atoms with Crippen molar-refractivity contribution in [2.75, 3.05) is 13.1 Å². The number of aromatic nitrogens is 1. The Labute approximate surface area is 145 Å². The summed E-state index contributed by atoms with van der Waals surface area (Å²) >= 11 is 0. The predicted octanol–water partition coefficient (Wildman–Crippen LogP) is 3.09. The molecule has 7 nitrogen and oxygen atoms in total. The number of likely N-dealkylation sites (tertiary alicyclic amines) is 1. The molecular weight excluding hydrogens is 322 g/mol. The van der Waals surface area contributed by atoms with Crippen LogP contribution < -0.4 is 0 Å². The van der Waals surface area contributed by atoms with Gasteiger partial charge in [0.05, 0.1) is 10.5 Å². The van der Waals surface area contributed by atoms with Crippen molar-refractivity contribution in [3.63, 3.8) is 0 Å². The van der Waals surface area contributed by atoms with Crippen LogP contribution in [0.4, 0.5) is 5.69 Å². The minimum absolute atomic E-state index is 0.0120. The number of nitro benzene ring substituents is 1. The highest BCUT2D eigenvalue weighted by Gasteiger charge is 2.28. The van der Waals surface area contributed by atoms with E-state index in [1.165, 1.54) is 12.1 Å². The Balaban J connectivity index is 1.69. The molecule has 0 saturated carbocycles. The smallest absolute Gasteiger partial charge is 0.270 e. The van der Waals surface area contributed by atoms with E-state index in [0.29, 0.717) is 35.6 Å². The Morgan fingerprint density at radius 3 is 2.64 bits per heavy atom. The second-order valence-corrected chi connectivity index (χ2v) is 7.46. The number of nitro groups is 1. The van der Waals surface area contributed by atoms with Crippen LogP contribution in [0.15, 0.2) is 24.3 Å². The maximum atomic E-state index is 12.7. The topological polar surface area (TPSA) is 99.5 Å². The highest BCUT2D eigenvalue weighted by atomic mass is 16.6. The molecule has 1 aliphatic rings. The molecular formula is C18H23N3O4. The predicted molar refractivity (Wildman–Crippen MR) is 94.5 cm³/mol. The average molecular weight is 345 g/mol. The van der Waals surface area contributed by atoms with Gasteiger partial charge >= 0.3 is 0 Å². The first-order valence-corrected chi connectivity index (χ1v) is 8.52. The Bertz CT molecular complexity index is 798. The minimum Gasteiger partial charge on any atom is -0.390 e. The molecule has 0 unspecified atom stereocenters. The van der Waals surface area contributed by atoms with Crippen LogP contribution in [-0.2, 0) is 0 Å².